The molecule has 1 atom stereocenters. The first-order valence-electron chi connectivity index (χ1n) is 9.27. The first-order chi connectivity index (χ1) is 13.5. The van der Waals surface area contributed by atoms with Crippen LogP contribution in [0.5, 0.6) is 0 Å². The van der Waals surface area contributed by atoms with Crippen LogP contribution >= 0.6 is 24.0 Å². The second-order valence-electron chi connectivity index (χ2n) is 7.02. The second-order valence-corrected chi connectivity index (χ2v) is 7.02. The summed E-state index contributed by atoms with van der Waals surface area (Å²) in [5.74, 6) is 0.447. The predicted molar refractivity (Wildman–Crippen MR) is 127 cm³/mol. The van der Waals surface area contributed by atoms with Crippen molar-refractivity contribution in [1.29, 1.82) is 0 Å². The Morgan fingerprint density at radius 2 is 2.00 bits per heavy atom. The van der Waals surface area contributed by atoms with E-state index < -0.39 is 0 Å². The maximum absolute atomic E-state index is 14.1. The highest BCUT2D eigenvalue weighted by atomic mass is 127. The van der Waals surface area contributed by atoms with Crippen LogP contribution in [-0.2, 0) is 11.3 Å². The van der Waals surface area contributed by atoms with Gasteiger partial charge in [0.15, 0.2) is 5.96 Å². The number of para-hydroxylation sites is 1. The quantitative estimate of drug-likeness (QED) is 0.328. The fourth-order valence-electron chi connectivity index (χ4n) is 3.33. The van der Waals surface area contributed by atoms with Crippen molar-refractivity contribution < 1.29 is 9.18 Å². The van der Waals surface area contributed by atoms with Crippen molar-refractivity contribution in [3.05, 3.63) is 59.4 Å². The van der Waals surface area contributed by atoms with Crippen molar-refractivity contribution in [2.75, 3.05) is 37.9 Å². The molecule has 0 aromatic heterocycles. The molecule has 1 aliphatic rings. The Kier molecular flexibility index (Phi) is 8.24. The van der Waals surface area contributed by atoms with Gasteiger partial charge in [-0.1, -0.05) is 24.3 Å². The van der Waals surface area contributed by atoms with Gasteiger partial charge in [0.05, 0.1) is 5.69 Å². The molecule has 0 fully saturated rings. The Hall–Kier alpha value is -2.36. The molecular formula is C21H27FIN5O. The highest BCUT2D eigenvalue weighted by molar-refractivity contribution is 14.0. The molecule has 0 saturated carbocycles. The van der Waals surface area contributed by atoms with Crippen LogP contribution in [0, 0.1) is 5.82 Å². The van der Waals surface area contributed by atoms with Gasteiger partial charge in [-0.3, -0.25) is 9.79 Å². The van der Waals surface area contributed by atoms with Crippen molar-refractivity contribution in [3.8, 4) is 0 Å². The van der Waals surface area contributed by atoms with E-state index in [1.807, 2.05) is 44.4 Å². The van der Waals surface area contributed by atoms with Crippen LogP contribution in [0.25, 0.3) is 0 Å². The fraction of sp³-hybridized carbons (Fsp3) is 0.333. The number of carbonyl (C=O) groups excluding carboxylic acids is 1. The molecule has 29 heavy (non-hydrogen) atoms. The van der Waals surface area contributed by atoms with Gasteiger partial charge in [0, 0.05) is 52.3 Å². The number of amides is 1. The highest BCUT2D eigenvalue weighted by Crippen LogP contribution is 2.31. The zero-order valence-corrected chi connectivity index (χ0v) is 19.2. The van der Waals surface area contributed by atoms with E-state index >= 15 is 0 Å². The normalized spacial score (nSPS) is 15.7. The molecule has 0 bridgehead atoms. The third-order valence-electron chi connectivity index (χ3n) is 4.80. The van der Waals surface area contributed by atoms with Crippen LogP contribution in [0.15, 0.2) is 47.5 Å². The van der Waals surface area contributed by atoms with E-state index in [9.17, 15) is 9.18 Å². The summed E-state index contributed by atoms with van der Waals surface area (Å²) >= 11 is 0. The Labute approximate surface area is 188 Å². The Bertz CT molecular complexity index is 887. The lowest BCUT2D eigenvalue weighted by Crippen LogP contribution is -2.40. The first-order valence-corrected chi connectivity index (χ1v) is 9.27. The molecule has 2 aromatic carbocycles. The lowest BCUT2D eigenvalue weighted by Gasteiger charge is -2.26. The third-order valence-corrected chi connectivity index (χ3v) is 4.80. The average Bonchev–Trinajstić information content (AvgIpc) is 2.67. The summed E-state index contributed by atoms with van der Waals surface area (Å²) in [7, 11) is 5.31. The van der Waals surface area contributed by atoms with Crippen molar-refractivity contribution in [2.24, 2.45) is 4.99 Å². The standard InChI is InChI=1S/C21H26FN5O.HI/c1-23-21(24-12-14-8-9-19(27(2)3)17(22)10-14)25-13-15-11-20(28)26-18-7-5-4-6-16(15)18;/h4-10,15H,11-13H2,1-3H3,(H,26,28)(H2,23,24,25);1H. The van der Waals surface area contributed by atoms with Gasteiger partial charge in [0.1, 0.15) is 5.82 Å². The number of aliphatic imine (C=N–C) groups is 1. The average molecular weight is 511 g/mol. The topological polar surface area (TPSA) is 68.8 Å². The molecule has 0 aliphatic carbocycles. The molecular weight excluding hydrogens is 484 g/mol. The molecule has 1 unspecified atom stereocenters. The molecule has 8 heteroatoms. The maximum atomic E-state index is 14.1. The minimum atomic E-state index is -0.253. The summed E-state index contributed by atoms with van der Waals surface area (Å²) in [5, 5.41) is 9.37. The van der Waals surface area contributed by atoms with E-state index in [1.54, 1.807) is 18.0 Å². The number of hydrogen-bond donors (Lipinski definition) is 3. The van der Waals surface area contributed by atoms with E-state index in [4.69, 9.17) is 0 Å². The molecule has 1 amide bonds. The van der Waals surface area contributed by atoms with Crippen molar-refractivity contribution in [1.82, 2.24) is 10.6 Å². The van der Waals surface area contributed by atoms with Crippen LogP contribution in [0.3, 0.4) is 0 Å². The Morgan fingerprint density at radius 3 is 2.69 bits per heavy atom. The molecule has 0 radical (unpaired) electrons. The molecule has 1 aliphatic heterocycles. The molecule has 0 spiro atoms. The van der Waals surface area contributed by atoms with E-state index in [2.05, 4.69) is 20.9 Å². The smallest absolute Gasteiger partial charge is 0.225 e. The monoisotopic (exact) mass is 511 g/mol. The van der Waals surface area contributed by atoms with E-state index in [0.29, 0.717) is 31.2 Å². The third kappa shape index (κ3) is 5.81. The van der Waals surface area contributed by atoms with E-state index in [-0.39, 0.29) is 41.6 Å². The predicted octanol–water partition coefficient (Wildman–Crippen LogP) is 3.30. The SMILES string of the molecule is CN=C(NCc1ccc(N(C)C)c(F)c1)NCC1CC(=O)Nc2ccccc21.I. The molecule has 3 rings (SSSR count). The number of rotatable bonds is 5. The van der Waals surface area contributed by atoms with Gasteiger partial charge in [-0.05, 0) is 29.3 Å². The van der Waals surface area contributed by atoms with Gasteiger partial charge < -0.3 is 20.9 Å². The number of fused-ring (bicyclic) bond motifs is 1. The molecule has 0 saturated heterocycles. The number of guanidine groups is 1. The largest absolute Gasteiger partial charge is 0.375 e. The van der Waals surface area contributed by atoms with Gasteiger partial charge in [-0.15, -0.1) is 24.0 Å². The molecule has 3 N–H and O–H groups in total. The Balaban J connectivity index is 0.00000300. The zero-order chi connectivity index (χ0) is 20.1. The molecule has 2 aromatic rings. The van der Waals surface area contributed by atoms with E-state index in [0.717, 1.165) is 16.8 Å². The maximum Gasteiger partial charge on any atom is 0.225 e. The minimum Gasteiger partial charge on any atom is -0.375 e. The molecule has 6 nitrogen and oxygen atoms in total. The fourth-order valence-corrected chi connectivity index (χ4v) is 3.33. The first kappa shape index (κ1) is 22.9. The summed E-state index contributed by atoms with van der Waals surface area (Å²) < 4.78 is 14.1. The number of anilines is 2. The zero-order valence-electron chi connectivity index (χ0n) is 16.8. The lowest BCUT2D eigenvalue weighted by molar-refractivity contribution is -0.116. The molecule has 156 valence electrons. The van der Waals surface area contributed by atoms with Gasteiger partial charge >= 0.3 is 0 Å². The highest BCUT2D eigenvalue weighted by Gasteiger charge is 2.24. The van der Waals surface area contributed by atoms with Crippen LogP contribution in [0.1, 0.15) is 23.5 Å². The number of carbonyl (C=O) groups is 1. The lowest BCUT2D eigenvalue weighted by atomic mass is 9.90. The summed E-state index contributed by atoms with van der Waals surface area (Å²) in [5.41, 5.74) is 3.37. The number of hydrogen-bond acceptors (Lipinski definition) is 3. The number of nitrogens with zero attached hydrogens (tertiary/aromatic N) is 2. The summed E-state index contributed by atoms with van der Waals surface area (Å²) in [6, 6.07) is 13.0. The number of benzene rings is 2. The van der Waals surface area contributed by atoms with Crippen molar-refractivity contribution >= 4 is 47.2 Å². The van der Waals surface area contributed by atoms with Crippen molar-refractivity contribution in [2.45, 2.75) is 18.9 Å². The minimum absolute atomic E-state index is 0. The summed E-state index contributed by atoms with van der Waals surface area (Å²) in [6.07, 6.45) is 0.429. The van der Waals surface area contributed by atoms with Crippen LogP contribution < -0.4 is 20.9 Å². The van der Waals surface area contributed by atoms with Crippen LogP contribution in [0.4, 0.5) is 15.8 Å². The second kappa shape index (κ2) is 10.4. The van der Waals surface area contributed by atoms with Gasteiger partial charge in [0.25, 0.3) is 0 Å². The van der Waals surface area contributed by atoms with Gasteiger partial charge in [0.2, 0.25) is 5.91 Å². The van der Waals surface area contributed by atoms with Crippen LogP contribution in [0.2, 0.25) is 0 Å². The number of nitrogens with one attached hydrogen (secondary N) is 3. The summed E-state index contributed by atoms with van der Waals surface area (Å²) in [6.45, 7) is 1.03. The van der Waals surface area contributed by atoms with Gasteiger partial charge in [-0.25, -0.2) is 4.39 Å². The number of halogens is 2. The van der Waals surface area contributed by atoms with E-state index in [1.165, 1.54) is 6.07 Å². The van der Waals surface area contributed by atoms with Crippen LogP contribution in [-0.4, -0.2) is 39.6 Å². The summed E-state index contributed by atoms with van der Waals surface area (Å²) in [4.78, 5) is 17.9. The van der Waals surface area contributed by atoms with Gasteiger partial charge in [-0.2, -0.15) is 0 Å². The molecule has 1 heterocycles. The Morgan fingerprint density at radius 1 is 1.24 bits per heavy atom. The van der Waals surface area contributed by atoms with Crippen molar-refractivity contribution in [3.63, 3.8) is 0 Å².